The summed E-state index contributed by atoms with van der Waals surface area (Å²) in [6.07, 6.45) is 0. The van der Waals surface area contributed by atoms with Gasteiger partial charge in [0.05, 0.1) is 11.4 Å². The van der Waals surface area contributed by atoms with Crippen LogP contribution in [0.5, 0.6) is 0 Å². The van der Waals surface area contributed by atoms with Crippen LogP contribution in [0.4, 0.5) is 28.4 Å². The molecule has 0 unspecified atom stereocenters. The Hall–Kier alpha value is -8.42. The van der Waals surface area contributed by atoms with Crippen LogP contribution in [0.25, 0.3) is 43.8 Å². The minimum atomic E-state index is -0.337. The van der Waals surface area contributed by atoms with E-state index < -0.39 is 0 Å². The number of imide groups is 2. The number of anilines is 5. The van der Waals surface area contributed by atoms with E-state index in [4.69, 9.17) is 0 Å². The minimum Gasteiger partial charge on any atom is -0.311 e. The van der Waals surface area contributed by atoms with E-state index in [1.165, 1.54) is 9.80 Å². The number of hydrogen-bond acceptors (Lipinski definition) is 5. The molecule has 0 saturated carbocycles. The van der Waals surface area contributed by atoms with Crippen molar-refractivity contribution in [1.82, 2.24) is 0 Å². The fourth-order valence-corrected chi connectivity index (χ4v) is 8.92. The molecule has 0 aliphatic carbocycles. The number of carbonyl (C=O) groups is 4. The van der Waals surface area contributed by atoms with Gasteiger partial charge in [0.25, 0.3) is 23.6 Å². The van der Waals surface area contributed by atoms with Crippen LogP contribution in [0.1, 0.15) is 41.4 Å². The predicted molar refractivity (Wildman–Crippen MR) is 242 cm³/mol. The molecular formula is C54H33N3O4. The Kier molecular flexibility index (Phi) is 8.28. The van der Waals surface area contributed by atoms with E-state index >= 15 is 0 Å². The number of rotatable bonds is 7. The van der Waals surface area contributed by atoms with E-state index in [9.17, 15) is 19.2 Å². The summed E-state index contributed by atoms with van der Waals surface area (Å²) in [6.45, 7) is 0. The number of hydrogen-bond donors (Lipinski definition) is 0. The van der Waals surface area contributed by atoms with Crippen molar-refractivity contribution in [2.75, 3.05) is 14.7 Å². The van der Waals surface area contributed by atoms with Crippen LogP contribution in [-0.2, 0) is 0 Å². The second-order valence-electron chi connectivity index (χ2n) is 15.1. The molecule has 4 amide bonds. The van der Waals surface area contributed by atoms with E-state index in [1.807, 2.05) is 103 Å². The van der Waals surface area contributed by atoms with Crippen LogP contribution >= 0.6 is 0 Å². The summed E-state index contributed by atoms with van der Waals surface area (Å²) in [7, 11) is 0. The molecule has 2 heterocycles. The number of nitrogens with zero attached hydrogens (tertiary/aromatic N) is 3. The maximum Gasteiger partial charge on any atom is 0.265 e. The van der Waals surface area contributed by atoms with E-state index in [-0.39, 0.29) is 23.6 Å². The Labute approximate surface area is 351 Å². The first-order valence-corrected chi connectivity index (χ1v) is 20.0. The highest BCUT2D eigenvalue weighted by atomic mass is 16.2. The summed E-state index contributed by atoms with van der Waals surface area (Å²) in [5.41, 5.74) is 9.69. The predicted octanol–water partition coefficient (Wildman–Crippen LogP) is 12.4. The Balaban J connectivity index is 0.939. The van der Waals surface area contributed by atoms with Crippen molar-refractivity contribution in [2.24, 2.45) is 0 Å². The topological polar surface area (TPSA) is 78.0 Å². The van der Waals surface area contributed by atoms with Gasteiger partial charge in [0.15, 0.2) is 0 Å². The van der Waals surface area contributed by atoms with Crippen LogP contribution in [0.2, 0.25) is 0 Å². The third-order valence-electron chi connectivity index (χ3n) is 11.7. The van der Waals surface area contributed by atoms with Crippen molar-refractivity contribution in [3.05, 3.63) is 222 Å². The first-order chi connectivity index (χ1) is 30.0. The number of benzene rings is 9. The van der Waals surface area contributed by atoms with Gasteiger partial charge in [0, 0.05) is 50.1 Å². The van der Waals surface area contributed by atoms with E-state index in [0.717, 1.165) is 50.1 Å². The quantitative estimate of drug-likeness (QED) is 0.150. The molecule has 0 atom stereocenters. The van der Waals surface area contributed by atoms with Crippen LogP contribution in [-0.4, -0.2) is 23.6 Å². The second-order valence-corrected chi connectivity index (χ2v) is 15.1. The van der Waals surface area contributed by atoms with E-state index in [1.54, 1.807) is 36.4 Å². The summed E-state index contributed by atoms with van der Waals surface area (Å²) in [5, 5.41) is 3.02. The summed E-state index contributed by atoms with van der Waals surface area (Å²) in [4.78, 5) is 59.9. The van der Waals surface area contributed by atoms with Crippen molar-refractivity contribution in [2.45, 2.75) is 0 Å². The number of amides is 4. The molecule has 2 aliphatic rings. The average molecular weight is 788 g/mol. The number of carbonyl (C=O) groups excluding carboxylic acids is 4. The normalized spacial score (nSPS) is 13.3. The van der Waals surface area contributed by atoms with Gasteiger partial charge in [-0.25, -0.2) is 9.80 Å². The molecule has 288 valence electrons. The Morgan fingerprint density at radius 1 is 0.279 bits per heavy atom. The summed E-state index contributed by atoms with van der Waals surface area (Å²) in [5.74, 6) is -1.35. The lowest BCUT2D eigenvalue weighted by molar-refractivity contribution is 0.0877. The zero-order chi connectivity index (χ0) is 41.2. The molecule has 0 radical (unpaired) electrons. The van der Waals surface area contributed by atoms with Crippen molar-refractivity contribution < 1.29 is 19.2 Å². The van der Waals surface area contributed by atoms with Gasteiger partial charge in [-0.1, -0.05) is 115 Å². The maximum absolute atomic E-state index is 13.8. The highest BCUT2D eigenvalue weighted by molar-refractivity contribution is 6.37. The average Bonchev–Trinajstić information content (AvgIpc) is 3.31. The number of para-hydroxylation sites is 3. The molecule has 2 aliphatic heterocycles. The molecule has 7 nitrogen and oxygen atoms in total. The second kappa shape index (κ2) is 14.1. The van der Waals surface area contributed by atoms with Crippen LogP contribution in [0.15, 0.2) is 200 Å². The zero-order valence-corrected chi connectivity index (χ0v) is 32.5. The van der Waals surface area contributed by atoms with Crippen molar-refractivity contribution in [3.63, 3.8) is 0 Å². The summed E-state index contributed by atoms with van der Waals surface area (Å²) in [6, 6.07) is 63.7. The molecule has 0 bridgehead atoms. The highest BCUT2D eigenvalue weighted by Gasteiger charge is 2.36. The molecule has 0 aromatic heterocycles. The lowest BCUT2D eigenvalue weighted by atomic mass is 9.88. The van der Waals surface area contributed by atoms with Crippen molar-refractivity contribution >= 4 is 73.6 Å². The van der Waals surface area contributed by atoms with Gasteiger partial charge in [0.2, 0.25) is 0 Å². The standard InChI is InChI=1S/C54H33N3O4/c58-51-45-20-10-18-43-41(30-32-47(49(43)45)53(60)56(51)37-14-6-2-7-15-37)34-22-26-39(27-23-34)55(36-12-4-1-5-13-36)40-28-24-35(25-29-40)42-31-33-48-50-44(42)19-11-21-46(50)52(59)57(54(48)61)38-16-8-3-9-17-38/h1-33H. The van der Waals surface area contributed by atoms with Crippen LogP contribution in [0, 0.1) is 0 Å². The molecule has 11 rings (SSSR count). The third kappa shape index (κ3) is 5.67. The smallest absolute Gasteiger partial charge is 0.265 e. The SMILES string of the molecule is O=C1c2cccc3c(-c4ccc(N(c5ccccc5)c5ccc(-c6ccc7c8c(cccc68)C(=O)N(c6ccccc6)C7=O)cc5)cc4)ccc(c23)C(=O)N1c1ccccc1. The van der Waals surface area contributed by atoms with Crippen LogP contribution in [0.3, 0.4) is 0 Å². The lowest BCUT2D eigenvalue weighted by Gasteiger charge is -2.28. The third-order valence-corrected chi connectivity index (χ3v) is 11.7. The van der Waals surface area contributed by atoms with Crippen molar-refractivity contribution in [1.29, 1.82) is 0 Å². The lowest BCUT2D eigenvalue weighted by Crippen LogP contribution is -2.40. The van der Waals surface area contributed by atoms with Gasteiger partial charge in [-0.2, -0.15) is 0 Å². The molecule has 61 heavy (non-hydrogen) atoms. The van der Waals surface area contributed by atoms with E-state index in [0.29, 0.717) is 44.4 Å². The summed E-state index contributed by atoms with van der Waals surface area (Å²) >= 11 is 0. The van der Waals surface area contributed by atoms with Gasteiger partial charge >= 0.3 is 0 Å². The maximum atomic E-state index is 13.8. The fourth-order valence-electron chi connectivity index (χ4n) is 8.92. The van der Waals surface area contributed by atoms with Gasteiger partial charge in [-0.3, -0.25) is 19.2 Å². The Bertz CT molecular complexity index is 3010. The Morgan fingerprint density at radius 2 is 0.607 bits per heavy atom. The largest absolute Gasteiger partial charge is 0.311 e. The van der Waals surface area contributed by atoms with Gasteiger partial charge < -0.3 is 4.90 Å². The molecule has 0 N–H and O–H groups in total. The summed E-state index contributed by atoms with van der Waals surface area (Å²) < 4.78 is 0. The molecule has 9 aromatic rings. The monoisotopic (exact) mass is 787 g/mol. The molecule has 7 heteroatoms. The minimum absolute atomic E-state index is 0.337. The molecule has 9 aromatic carbocycles. The van der Waals surface area contributed by atoms with Crippen molar-refractivity contribution in [3.8, 4) is 22.3 Å². The van der Waals surface area contributed by atoms with E-state index in [2.05, 4.69) is 65.6 Å². The fraction of sp³-hybridized carbons (Fsp3) is 0. The van der Waals surface area contributed by atoms with Crippen LogP contribution < -0.4 is 14.7 Å². The van der Waals surface area contributed by atoms with Gasteiger partial charge in [-0.05, 0) is 118 Å². The highest BCUT2D eigenvalue weighted by Crippen LogP contribution is 2.42. The zero-order valence-electron chi connectivity index (χ0n) is 32.5. The Morgan fingerprint density at radius 3 is 1.00 bits per heavy atom. The molecule has 0 spiro atoms. The molecular weight excluding hydrogens is 755 g/mol. The van der Waals surface area contributed by atoms with Gasteiger partial charge in [-0.15, -0.1) is 0 Å². The molecule has 0 saturated heterocycles. The van der Waals surface area contributed by atoms with Gasteiger partial charge in [0.1, 0.15) is 0 Å². The molecule has 0 fully saturated rings. The first kappa shape index (κ1) is 35.7. The first-order valence-electron chi connectivity index (χ1n) is 20.0.